The minimum Gasteiger partial charge on any atom is -0.356 e. The molecule has 0 unspecified atom stereocenters. The lowest BCUT2D eigenvalue weighted by Crippen LogP contribution is -1.93. The van der Waals surface area contributed by atoms with Gasteiger partial charge in [-0.3, -0.25) is 0 Å². The highest BCUT2D eigenvalue weighted by Gasteiger charge is 2.12. The van der Waals surface area contributed by atoms with Crippen molar-refractivity contribution in [3.63, 3.8) is 0 Å². The van der Waals surface area contributed by atoms with Crippen molar-refractivity contribution in [3.05, 3.63) is 158 Å². The molecular formula is C40H27NS. The molecule has 8 aromatic rings. The summed E-state index contributed by atoms with van der Waals surface area (Å²) in [6.07, 6.45) is 0. The van der Waals surface area contributed by atoms with Crippen LogP contribution in [0.1, 0.15) is 0 Å². The van der Waals surface area contributed by atoms with Gasteiger partial charge in [0.05, 0.1) is 0 Å². The largest absolute Gasteiger partial charge is 0.356 e. The molecule has 1 nitrogen and oxygen atoms in total. The van der Waals surface area contributed by atoms with Gasteiger partial charge < -0.3 is 5.32 Å². The first-order valence-electron chi connectivity index (χ1n) is 14.3. The lowest BCUT2D eigenvalue weighted by Gasteiger charge is -2.15. The third kappa shape index (κ3) is 4.43. The molecule has 0 atom stereocenters. The summed E-state index contributed by atoms with van der Waals surface area (Å²) >= 11 is 1.86. The predicted octanol–water partition coefficient (Wildman–Crippen LogP) is 12.0. The molecule has 7 aromatic carbocycles. The van der Waals surface area contributed by atoms with Gasteiger partial charge in [-0.2, -0.15) is 0 Å². The number of nitrogens with one attached hydrogen (secondary N) is 1. The van der Waals surface area contributed by atoms with Crippen molar-refractivity contribution >= 4 is 53.7 Å². The summed E-state index contributed by atoms with van der Waals surface area (Å²) in [7, 11) is 0. The summed E-state index contributed by atoms with van der Waals surface area (Å²) in [5.74, 6) is 0. The molecule has 0 fully saturated rings. The van der Waals surface area contributed by atoms with Crippen LogP contribution in [0.5, 0.6) is 0 Å². The molecule has 0 spiro atoms. The molecule has 198 valence electrons. The molecule has 0 amide bonds. The van der Waals surface area contributed by atoms with Gasteiger partial charge in [0.1, 0.15) is 0 Å². The Hall–Kier alpha value is -5.18. The summed E-state index contributed by atoms with van der Waals surface area (Å²) < 4.78 is 2.64. The molecule has 0 saturated carbocycles. The molecule has 0 aliphatic rings. The minimum atomic E-state index is 1.07. The molecule has 8 rings (SSSR count). The highest BCUT2D eigenvalue weighted by molar-refractivity contribution is 7.25. The van der Waals surface area contributed by atoms with Crippen LogP contribution < -0.4 is 5.32 Å². The zero-order chi connectivity index (χ0) is 27.9. The lowest BCUT2D eigenvalue weighted by atomic mass is 9.93. The van der Waals surface area contributed by atoms with E-state index in [0.717, 1.165) is 11.4 Å². The van der Waals surface area contributed by atoms with Crippen LogP contribution in [0.25, 0.3) is 64.3 Å². The molecule has 0 aliphatic heterocycles. The summed E-state index contributed by atoms with van der Waals surface area (Å²) in [4.78, 5) is 0. The number of thiophene rings is 1. The SMILES string of the molecule is c1ccc(-c2ccc(Nc3ccc(-c4cccc5ccccc45)cc3)cc2-c2ccc3c(c2)sc2ccccc23)cc1. The molecule has 2 heteroatoms. The Kier molecular flexibility index (Phi) is 6.05. The number of hydrogen-bond acceptors (Lipinski definition) is 2. The number of rotatable bonds is 5. The van der Waals surface area contributed by atoms with Crippen LogP contribution in [-0.2, 0) is 0 Å². The fourth-order valence-electron chi connectivity index (χ4n) is 6.00. The Morgan fingerprint density at radius 3 is 1.90 bits per heavy atom. The molecule has 0 saturated heterocycles. The van der Waals surface area contributed by atoms with Crippen molar-refractivity contribution in [3.8, 4) is 33.4 Å². The fraction of sp³-hybridized carbons (Fsp3) is 0. The number of benzene rings is 7. The first kappa shape index (κ1) is 24.6. The van der Waals surface area contributed by atoms with Crippen LogP contribution in [0.4, 0.5) is 11.4 Å². The Balaban J connectivity index is 1.17. The smallest absolute Gasteiger partial charge is 0.0390 e. The van der Waals surface area contributed by atoms with E-state index < -0.39 is 0 Å². The summed E-state index contributed by atoms with van der Waals surface area (Å²) in [6, 6.07) is 56.8. The minimum absolute atomic E-state index is 1.07. The maximum absolute atomic E-state index is 3.67. The van der Waals surface area contributed by atoms with E-state index in [2.05, 4.69) is 163 Å². The monoisotopic (exact) mass is 553 g/mol. The van der Waals surface area contributed by atoms with Crippen LogP contribution in [0.3, 0.4) is 0 Å². The average Bonchev–Trinajstić information content (AvgIpc) is 3.43. The van der Waals surface area contributed by atoms with Crippen LogP contribution in [0.15, 0.2) is 158 Å². The van der Waals surface area contributed by atoms with Gasteiger partial charge in [-0.15, -0.1) is 11.3 Å². The van der Waals surface area contributed by atoms with E-state index in [1.807, 2.05) is 11.3 Å². The van der Waals surface area contributed by atoms with Gasteiger partial charge in [-0.1, -0.05) is 121 Å². The van der Waals surface area contributed by atoms with E-state index >= 15 is 0 Å². The zero-order valence-corrected chi connectivity index (χ0v) is 23.7. The molecule has 1 aromatic heterocycles. The molecular weight excluding hydrogens is 527 g/mol. The van der Waals surface area contributed by atoms with Crippen LogP contribution in [0.2, 0.25) is 0 Å². The molecule has 0 bridgehead atoms. The van der Waals surface area contributed by atoms with Gasteiger partial charge in [0.2, 0.25) is 0 Å². The molecule has 1 N–H and O–H groups in total. The highest BCUT2D eigenvalue weighted by atomic mass is 32.1. The average molecular weight is 554 g/mol. The van der Waals surface area contributed by atoms with Crippen molar-refractivity contribution in [2.24, 2.45) is 0 Å². The Bertz CT molecular complexity index is 2200. The Labute approximate surface area is 249 Å². The van der Waals surface area contributed by atoms with Crippen molar-refractivity contribution in [1.82, 2.24) is 0 Å². The number of fused-ring (bicyclic) bond motifs is 4. The predicted molar refractivity (Wildman–Crippen MR) is 183 cm³/mol. The van der Waals surface area contributed by atoms with Crippen molar-refractivity contribution in [1.29, 1.82) is 0 Å². The highest BCUT2D eigenvalue weighted by Crippen LogP contribution is 2.40. The molecule has 0 aliphatic carbocycles. The van der Waals surface area contributed by atoms with E-state index in [1.54, 1.807) is 0 Å². The summed E-state index contributed by atoms with van der Waals surface area (Å²) in [5, 5.41) is 8.86. The molecule has 0 radical (unpaired) electrons. The second-order valence-corrected chi connectivity index (χ2v) is 11.7. The van der Waals surface area contributed by atoms with Gasteiger partial charge in [0, 0.05) is 31.5 Å². The summed E-state index contributed by atoms with van der Waals surface area (Å²) in [6.45, 7) is 0. The Morgan fingerprint density at radius 1 is 0.357 bits per heavy atom. The molecule has 42 heavy (non-hydrogen) atoms. The van der Waals surface area contributed by atoms with E-state index in [4.69, 9.17) is 0 Å². The van der Waals surface area contributed by atoms with Gasteiger partial charge >= 0.3 is 0 Å². The van der Waals surface area contributed by atoms with E-state index in [1.165, 1.54) is 64.3 Å². The summed E-state index contributed by atoms with van der Waals surface area (Å²) in [5.41, 5.74) is 9.50. The van der Waals surface area contributed by atoms with Gasteiger partial charge in [0.15, 0.2) is 0 Å². The second kappa shape index (κ2) is 10.3. The second-order valence-electron chi connectivity index (χ2n) is 10.7. The molecule has 1 heterocycles. The van der Waals surface area contributed by atoms with Crippen molar-refractivity contribution in [2.75, 3.05) is 5.32 Å². The van der Waals surface area contributed by atoms with Gasteiger partial charge in [-0.05, 0) is 80.6 Å². The lowest BCUT2D eigenvalue weighted by molar-refractivity contribution is 1.53. The number of anilines is 2. The van der Waals surface area contributed by atoms with Crippen molar-refractivity contribution < 1.29 is 0 Å². The number of hydrogen-bond donors (Lipinski definition) is 1. The van der Waals surface area contributed by atoms with Crippen LogP contribution >= 0.6 is 11.3 Å². The quantitative estimate of drug-likeness (QED) is 0.223. The standard InChI is InChI=1S/C40H27NS/c1-2-9-27(10-3-1)35-24-22-32(26-38(35)30-19-23-37-36-14-6-7-16-39(36)42-40(37)25-30)41-31-20-17-29(18-21-31)34-15-8-12-28-11-4-5-13-33(28)34/h1-26,41H. The maximum atomic E-state index is 3.67. The van der Waals surface area contributed by atoms with E-state index in [9.17, 15) is 0 Å². The van der Waals surface area contributed by atoms with Gasteiger partial charge in [0.25, 0.3) is 0 Å². The van der Waals surface area contributed by atoms with E-state index in [-0.39, 0.29) is 0 Å². The topological polar surface area (TPSA) is 12.0 Å². The fourth-order valence-corrected chi connectivity index (χ4v) is 7.15. The first-order chi connectivity index (χ1) is 20.8. The Morgan fingerprint density at radius 2 is 1.02 bits per heavy atom. The van der Waals surface area contributed by atoms with E-state index in [0.29, 0.717) is 0 Å². The van der Waals surface area contributed by atoms with Crippen LogP contribution in [0, 0.1) is 0 Å². The third-order valence-corrected chi connectivity index (χ3v) is 9.20. The van der Waals surface area contributed by atoms with Gasteiger partial charge in [-0.25, -0.2) is 0 Å². The first-order valence-corrected chi connectivity index (χ1v) is 15.1. The van der Waals surface area contributed by atoms with Crippen LogP contribution in [-0.4, -0.2) is 0 Å². The maximum Gasteiger partial charge on any atom is 0.0390 e. The third-order valence-electron chi connectivity index (χ3n) is 8.07. The zero-order valence-electron chi connectivity index (χ0n) is 22.9. The van der Waals surface area contributed by atoms with Crippen molar-refractivity contribution in [2.45, 2.75) is 0 Å². The normalized spacial score (nSPS) is 11.3.